The summed E-state index contributed by atoms with van der Waals surface area (Å²) in [6.45, 7) is 15.3. The van der Waals surface area contributed by atoms with Crippen LogP contribution >= 0.6 is 0 Å². The van der Waals surface area contributed by atoms with Crippen molar-refractivity contribution in [2.75, 3.05) is 5.73 Å². The first kappa shape index (κ1) is 18.8. The summed E-state index contributed by atoms with van der Waals surface area (Å²) in [5.74, 6) is -0.410. The Morgan fingerprint density at radius 2 is 1.62 bits per heavy atom. The van der Waals surface area contributed by atoms with E-state index in [1.165, 1.54) is 0 Å². The second-order valence-corrected chi connectivity index (χ2v) is 8.37. The van der Waals surface area contributed by atoms with Gasteiger partial charge < -0.3 is 19.8 Å². The molecule has 0 bridgehead atoms. The average Bonchev–Trinajstić information content (AvgIpc) is 2.59. The van der Waals surface area contributed by atoms with Gasteiger partial charge in [-0.25, -0.2) is 4.79 Å². The Bertz CT molecular complexity index is 646. The maximum Gasteiger partial charge on any atom is 0.495 e. The summed E-state index contributed by atoms with van der Waals surface area (Å²) in [4.78, 5) is 12.4. The van der Waals surface area contributed by atoms with Gasteiger partial charge in [-0.3, -0.25) is 0 Å². The standard InChI is InChI=1S/C18H28BNO4/c1-11-13(19-23-17(5,6)18(7,8)24-19)9-12(10-14(11)20)15(21)22-16(2,3)4/h9-10H,20H2,1-8H3. The highest BCUT2D eigenvalue weighted by atomic mass is 16.7. The number of benzene rings is 1. The smallest absolute Gasteiger partial charge is 0.456 e. The third kappa shape index (κ3) is 3.60. The summed E-state index contributed by atoms with van der Waals surface area (Å²) < 4.78 is 17.6. The molecule has 1 aliphatic heterocycles. The van der Waals surface area contributed by atoms with Gasteiger partial charge in [0.25, 0.3) is 0 Å². The third-order valence-electron chi connectivity index (χ3n) is 4.63. The van der Waals surface area contributed by atoms with Crippen LogP contribution in [0, 0.1) is 6.92 Å². The van der Waals surface area contributed by atoms with Crippen LogP contribution in [0.5, 0.6) is 0 Å². The van der Waals surface area contributed by atoms with E-state index in [2.05, 4.69) is 0 Å². The number of nitrogens with two attached hydrogens (primary N) is 1. The summed E-state index contributed by atoms with van der Waals surface area (Å²) in [5.41, 5.74) is 7.15. The molecule has 0 saturated carbocycles. The van der Waals surface area contributed by atoms with Gasteiger partial charge in [-0.1, -0.05) is 0 Å². The number of hydrogen-bond donors (Lipinski definition) is 1. The molecular weight excluding hydrogens is 305 g/mol. The molecule has 1 saturated heterocycles. The first-order valence-electron chi connectivity index (χ1n) is 8.22. The molecule has 1 aromatic carbocycles. The van der Waals surface area contributed by atoms with E-state index in [9.17, 15) is 4.79 Å². The third-order valence-corrected chi connectivity index (χ3v) is 4.63. The predicted octanol–water partition coefficient (Wildman–Crippen LogP) is 2.83. The van der Waals surface area contributed by atoms with E-state index >= 15 is 0 Å². The lowest BCUT2D eigenvalue weighted by molar-refractivity contribution is 0.00578. The highest BCUT2D eigenvalue weighted by molar-refractivity contribution is 6.63. The Morgan fingerprint density at radius 1 is 1.12 bits per heavy atom. The lowest BCUT2D eigenvalue weighted by Crippen LogP contribution is -2.41. The zero-order valence-corrected chi connectivity index (χ0v) is 15.9. The van der Waals surface area contributed by atoms with Crippen molar-refractivity contribution in [1.29, 1.82) is 0 Å². The number of carbonyl (C=O) groups excluding carboxylic acids is 1. The maximum atomic E-state index is 12.4. The number of carbonyl (C=O) groups is 1. The molecule has 6 heteroatoms. The van der Waals surface area contributed by atoms with Crippen LogP contribution in [-0.2, 0) is 14.0 Å². The summed E-state index contributed by atoms with van der Waals surface area (Å²) in [7, 11) is -0.570. The van der Waals surface area contributed by atoms with E-state index in [1.807, 2.05) is 55.4 Å². The normalized spacial score (nSPS) is 19.4. The SMILES string of the molecule is Cc1c(N)cc(C(=O)OC(C)(C)C)cc1B1OC(C)(C)C(C)(C)O1. The van der Waals surface area contributed by atoms with E-state index in [0.717, 1.165) is 11.0 Å². The summed E-state index contributed by atoms with van der Waals surface area (Å²) >= 11 is 0. The molecule has 1 fully saturated rings. The summed E-state index contributed by atoms with van der Waals surface area (Å²) in [6, 6.07) is 3.39. The lowest BCUT2D eigenvalue weighted by atomic mass is 9.75. The van der Waals surface area contributed by atoms with Crippen molar-refractivity contribution in [2.45, 2.75) is 72.2 Å². The summed E-state index contributed by atoms with van der Waals surface area (Å²) in [6.07, 6.45) is 0. The molecule has 5 nitrogen and oxygen atoms in total. The van der Waals surface area contributed by atoms with Gasteiger partial charge in [0, 0.05) is 5.69 Å². The average molecular weight is 333 g/mol. The minimum absolute atomic E-state index is 0.401. The lowest BCUT2D eigenvalue weighted by Gasteiger charge is -2.32. The fraction of sp³-hybridized carbons (Fsp3) is 0.611. The number of esters is 1. The molecule has 1 heterocycles. The minimum Gasteiger partial charge on any atom is -0.456 e. The molecule has 1 aliphatic rings. The molecule has 0 atom stereocenters. The van der Waals surface area contributed by atoms with Crippen LogP contribution in [0.2, 0.25) is 0 Å². The highest BCUT2D eigenvalue weighted by Crippen LogP contribution is 2.37. The molecule has 0 radical (unpaired) electrons. The van der Waals surface area contributed by atoms with Crippen LogP contribution in [0.15, 0.2) is 12.1 Å². The maximum absolute atomic E-state index is 12.4. The number of anilines is 1. The van der Waals surface area contributed by atoms with Crippen LogP contribution in [0.25, 0.3) is 0 Å². The van der Waals surface area contributed by atoms with E-state index in [0.29, 0.717) is 11.3 Å². The zero-order chi connectivity index (χ0) is 18.5. The van der Waals surface area contributed by atoms with Gasteiger partial charge in [0.05, 0.1) is 16.8 Å². The van der Waals surface area contributed by atoms with Gasteiger partial charge in [0.1, 0.15) is 5.60 Å². The van der Waals surface area contributed by atoms with Crippen molar-refractivity contribution < 1.29 is 18.8 Å². The molecule has 0 unspecified atom stereocenters. The molecule has 1 aromatic rings. The van der Waals surface area contributed by atoms with Crippen molar-refractivity contribution in [3.63, 3.8) is 0 Å². The van der Waals surface area contributed by atoms with Gasteiger partial charge in [-0.2, -0.15) is 0 Å². The first-order valence-corrected chi connectivity index (χ1v) is 8.22. The molecule has 2 rings (SSSR count). The monoisotopic (exact) mass is 333 g/mol. The molecule has 2 N–H and O–H groups in total. The quantitative estimate of drug-likeness (QED) is 0.512. The molecule has 24 heavy (non-hydrogen) atoms. The van der Waals surface area contributed by atoms with Crippen LogP contribution in [0.3, 0.4) is 0 Å². The Morgan fingerprint density at radius 3 is 2.08 bits per heavy atom. The minimum atomic E-state index is -0.570. The number of hydrogen-bond acceptors (Lipinski definition) is 5. The Hall–Kier alpha value is -1.53. The van der Waals surface area contributed by atoms with Crippen LogP contribution in [0.4, 0.5) is 5.69 Å². The van der Waals surface area contributed by atoms with E-state index in [-0.39, 0.29) is 0 Å². The van der Waals surface area contributed by atoms with Crippen LogP contribution in [0.1, 0.15) is 64.4 Å². The van der Waals surface area contributed by atoms with Crippen molar-refractivity contribution in [2.24, 2.45) is 0 Å². The largest absolute Gasteiger partial charge is 0.495 e. The zero-order valence-electron chi connectivity index (χ0n) is 15.9. The molecule has 0 amide bonds. The number of ether oxygens (including phenoxy) is 1. The molecular formula is C18H28BNO4. The van der Waals surface area contributed by atoms with Gasteiger partial charge in [-0.05, 0) is 78.5 Å². The van der Waals surface area contributed by atoms with Gasteiger partial charge in [-0.15, -0.1) is 0 Å². The fourth-order valence-electron chi connectivity index (χ4n) is 2.43. The second kappa shape index (κ2) is 5.78. The van der Waals surface area contributed by atoms with Gasteiger partial charge in [0.2, 0.25) is 0 Å². The molecule has 0 aromatic heterocycles. The number of rotatable bonds is 2. The van der Waals surface area contributed by atoms with Gasteiger partial charge >= 0.3 is 13.1 Å². The van der Waals surface area contributed by atoms with Crippen molar-refractivity contribution in [1.82, 2.24) is 0 Å². The Labute approximate surface area is 145 Å². The summed E-state index contributed by atoms with van der Waals surface area (Å²) in [5, 5.41) is 0. The molecule has 132 valence electrons. The van der Waals surface area contributed by atoms with Crippen LogP contribution in [-0.4, -0.2) is 29.9 Å². The van der Waals surface area contributed by atoms with Crippen molar-refractivity contribution in [3.05, 3.63) is 23.3 Å². The Kier molecular flexibility index (Phi) is 4.53. The topological polar surface area (TPSA) is 70.8 Å². The molecule has 0 spiro atoms. The first-order chi connectivity index (χ1) is 10.7. The van der Waals surface area contributed by atoms with Crippen molar-refractivity contribution >= 4 is 24.2 Å². The van der Waals surface area contributed by atoms with Crippen LogP contribution < -0.4 is 11.2 Å². The highest BCUT2D eigenvalue weighted by Gasteiger charge is 2.52. The van der Waals surface area contributed by atoms with E-state index in [1.54, 1.807) is 12.1 Å². The Balaban J connectivity index is 2.40. The van der Waals surface area contributed by atoms with Gasteiger partial charge in [0.15, 0.2) is 0 Å². The predicted molar refractivity (Wildman–Crippen MR) is 96.5 cm³/mol. The number of nitrogen functional groups attached to an aromatic ring is 1. The van der Waals surface area contributed by atoms with E-state index in [4.69, 9.17) is 19.8 Å². The second-order valence-electron chi connectivity index (χ2n) is 8.37. The van der Waals surface area contributed by atoms with Crippen molar-refractivity contribution in [3.8, 4) is 0 Å². The molecule has 0 aliphatic carbocycles. The van der Waals surface area contributed by atoms with E-state index < -0.39 is 29.9 Å². The fourth-order valence-corrected chi connectivity index (χ4v) is 2.43.